The van der Waals surface area contributed by atoms with Crippen LogP contribution in [0, 0.1) is 18.6 Å². The Kier molecular flexibility index (Phi) is 3.48. The fraction of sp³-hybridized carbons (Fsp3) is 0.300. The smallest absolute Gasteiger partial charge is 0.211 e. The molecule has 0 aromatic heterocycles. The van der Waals surface area contributed by atoms with Crippen molar-refractivity contribution in [3.05, 3.63) is 34.9 Å². The second-order valence-electron chi connectivity index (χ2n) is 2.92. The minimum absolute atomic E-state index is 0.128. The molecule has 1 aromatic rings. The quantitative estimate of drug-likeness (QED) is 0.539. The molecule has 0 aliphatic carbocycles. The summed E-state index contributed by atoms with van der Waals surface area (Å²) in [5.74, 6) is -0.915. The number of isocyanates is 1. The van der Waals surface area contributed by atoms with Crippen LogP contribution in [0.3, 0.4) is 0 Å². The van der Waals surface area contributed by atoms with Crippen LogP contribution in [-0.4, -0.2) is 12.6 Å². The molecule has 0 saturated heterocycles. The Labute approximate surface area is 80.3 Å². The normalized spacial score (nSPS) is 9.64. The summed E-state index contributed by atoms with van der Waals surface area (Å²) in [6, 6.07) is 2.26. The van der Waals surface area contributed by atoms with Gasteiger partial charge in [-0.1, -0.05) is 0 Å². The monoisotopic (exact) mass is 197 g/mol. The number of hydrogen-bond donors (Lipinski definition) is 0. The average molecular weight is 197 g/mol. The van der Waals surface area contributed by atoms with Crippen molar-refractivity contribution in [3.63, 3.8) is 0 Å². The van der Waals surface area contributed by atoms with Crippen LogP contribution in [0.5, 0.6) is 0 Å². The molecule has 74 valence electrons. The fourth-order valence-corrected chi connectivity index (χ4v) is 1.10. The maximum absolute atomic E-state index is 13.2. The largest absolute Gasteiger partial charge is 0.234 e. The Bertz CT molecular complexity index is 384. The van der Waals surface area contributed by atoms with Crippen molar-refractivity contribution in [1.29, 1.82) is 0 Å². The van der Waals surface area contributed by atoms with Gasteiger partial charge in [0.15, 0.2) is 0 Å². The molecule has 0 heterocycles. The van der Waals surface area contributed by atoms with E-state index in [1.807, 2.05) is 0 Å². The van der Waals surface area contributed by atoms with Gasteiger partial charge in [0.1, 0.15) is 11.6 Å². The molecule has 0 saturated carbocycles. The van der Waals surface area contributed by atoms with Gasteiger partial charge < -0.3 is 0 Å². The summed E-state index contributed by atoms with van der Waals surface area (Å²) >= 11 is 0. The fourth-order valence-electron chi connectivity index (χ4n) is 1.10. The molecule has 0 aliphatic heterocycles. The van der Waals surface area contributed by atoms with Gasteiger partial charge in [-0.25, -0.2) is 18.6 Å². The number of aliphatic imine (C=N–C) groups is 1. The minimum atomic E-state index is -0.468. The maximum Gasteiger partial charge on any atom is 0.234 e. The van der Waals surface area contributed by atoms with Crippen LogP contribution in [0.4, 0.5) is 8.78 Å². The summed E-state index contributed by atoms with van der Waals surface area (Å²) in [6.07, 6.45) is 1.55. The highest BCUT2D eigenvalue weighted by Gasteiger charge is 2.06. The maximum atomic E-state index is 13.2. The molecule has 4 heteroatoms. The number of carbonyl (C=O) groups excluding carboxylic acids is 1. The van der Waals surface area contributed by atoms with E-state index < -0.39 is 11.6 Å². The summed E-state index contributed by atoms with van der Waals surface area (Å²) in [5, 5.41) is 0. The van der Waals surface area contributed by atoms with E-state index in [0.717, 1.165) is 12.1 Å². The van der Waals surface area contributed by atoms with Crippen molar-refractivity contribution in [2.24, 2.45) is 4.99 Å². The van der Waals surface area contributed by atoms with Crippen molar-refractivity contribution in [2.75, 3.05) is 6.54 Å². The highest BCUT2D eigenvalue weighted by Crippen LogP contribution is 2.14. The van der Waals surface area contributed by atoms with E-state index >= 15 is 0 Å². The Balaban J connectivity index is 2.86. The topological polar surface area (TPSA) is 29.4 Å². The summed E-state index contributed by atoms with van der Waals surface area (Å²) in [4.78, 5) is 13.0. The minimum Gasteiger partial charge on any atom is -0.211 e. The van der Waals surface area contributed by atoms with Crippen molar-refractivity contribution in [3.8, 4) is 0 Å². The van der Waals surface area contributed by atoms with Gasteiger partial charge in [-0.2, -0.15) is 0 Å². The molecule has 0 bridgehead atoms. The Morgan fingerprint density at radius 1 is 1.36 bits per heavy atom. The van der Waals surface area contributed by atoms with Gasteiger partial charge in [-0.05, 0) is 36.6 Å². The van der Waals surface area contributed by atoms with Crippen LogP contribution < -0.4 is 0 Å². The van der Waals surface area contributed by atoms with Gasteiger partial charge in [-0.3, -0.25) is 0 Å². The Morgan fingerprint density at radius 3 is 2.71 bits per heavy atom. The van der Waals surface area contributed by atoms with Crippen molar-refractivity contribution < 1.29 is 13.6 Å². The van der Waals surface area contributed by atoms with Crippen LogP contribution in [0.1, 0.15) is 11.1 Å². The molecule has 14 heavy (non-hydrogen) atoms. The molecular weight excluding hydrogens is 188 g/mol. The first-order valence-electron chi connectivity index (χ1n) is 4.13. The molecule has 0 amide bonds. The van der Waals surface area contributed by atoms with Gasteiger partial charge >= 0.3 is 0 Å². The van der Waals surface area contributed by atoms with E-state index in [1.54, 1.807) is 0 Å². The second kappa shape index (κ2) is 4.63. The van der Waals surface area contributed by atoms with Crippen molar-refractivity contribution in [2.45, 2.75) is 13.3 Å². The summed E-state index contributed by atoms with van der Waals surface area (Å²) in [5.41, 5.74) is 0.497. The average Bonchev–Trinajstić information content (AvgIpc) is 2.14. The second-order valence-corrected chi connectivity index (χ2v) is 2.92. The van der Waals surface area contributed by atoms with Crippen LogP contribution in [0.2, 0.25) is 0 Å². The number of benzene rings is 1. The molecule has 1 aromatic carbocycles. The van der Waals surface area contributed by atoms with Crippen molar-refractivity contribution >= 4 is 6.08 Å². The van der Waals surface area contributed by atoms with E-state index in [-0.39, 0.29) is 24.1 Å². The molecular formula is C10H9F2NO. The van der Waals surface area contributed by atoms with Crippen molar-refractivity contribution in [1.82, 2.24) is 0 Å². The molecule has 0 aliphatic rings. The number of halogens is 2. The predicted octanol–water partition coefficient (Wildman–Crippen LogP) is 2.15. The van der Waals surface area contributed by atoms with Gasteiger partial charge in [0, 0.05) is 0 Å². The summed E-state index contributed by atoms with van der Waals surface area (Å²) < 4.78 is 26.1. The summed E-state index contributed by atoms with van der Waals surface area (Å²) in [7, 11) is 0. The lowest BCUT2D eigenvalue weighted by Gasteiger charge is -2.02. The van der Waals surface area contributed by atoms with Gasteiger partial charge in [0.25, 0.3) is 0 Å². The van der Waals surface area contributed by atoms with Crippen LogP contribution >= 0.6 is 0 Å². The predicted molar refractivity (Wildman–Crippen MR) is 47.8 cm³/mol. The van der Waals surface area contributed by atoms with Gasteiger partial charge in [0.05, 0.1) is 6.54 Å². The zero-order valence-electron chi connectivity index (χ0n) is 7.68. The highest BCUT2D eigenvalue weighted by molar-refractivity contribution is 5.33. The SMILES string of the molecule is Cc1cc(F)c(CCN=C=O)cc1F. The molecule has 0 radical (unpaired) electrons. The highest BCUT2D eigenvalue weighted by atomic mass is 19.1. The van der Waals surface area contributed by atoms with E-state index in [4.69, 9.17) is 0 Å². The standard InChI is InChI=1S/C10H9F2NO/c1-7-4-10(12)8(5-9(7)11)2-3-13-6-14/h4-5H,2-3H2,1H3. The molecule has 0 atom stereocenters. The lowest BCUT2D eigenvalue weighted by Crippen LogP contribution is -1.97. The molecule has 0 spiro atoms. The summed E-state index contributed by atoms with van der Waals surface area (Å²) in [6.45, 7) is 1.62. The van der Waals surface area contributed by atoms with Gasteiger partial charge in [0.2, 0.25) is 6.08 Å². The number of nitrogens with zero attached hydrogens (tertiary/aromatic N) is 1. The van der Waals surface area contributed by atoms with Crippen LogP contribution in [-0.2, 0) is 11.2 Å². The van der Waals surface area contributed by atoms with E-state index in [9.17, 15) is 13.6 Å². The molecule has 2 nitrogen and oxygen atoms in total. The van der Waals surface area contributed by atoms with Crippen LogP contribution in [0.15, 0.2) is 17.1 Å². The number of hydrogen-bond acceptors (Lipinski definition) is 2. The Hall–Kier alpha value is -1.54. The van der Waals surface area contributed by atoms with E-state index in [1.165, 1.54) is 13.0 Å². The van der Waals surface area contributed by atoms with E-state index in [0.29, 0.717) is 0 Å². The molecule has 0 unspecified atom stereocenters. The lowest BCUT2D eigenvalue weighted by molar-refractivity contribution is 0.561. The van der Waals surface area contributed by atoms with Crippen LogP contribution in [0.25, 0.3) is 0 Å². The third kappa shape index (κ3) is 2.47. The van der Waals surface area contributed by atoms with Gasteiger partial charge in [-0.15, -0.1) is 0 Å². The van der Waals surface area contributed by atoms with E-state index in [2.05, 4.69) is 4.99 Å². The first-order chi connectivity index (χ1) is 6.65. The molecule has 1 rings (SSSR count). The lowest BCUT2D eigenvalue weighted by atomic mass is 10.1. The zero-order chi connectivity index (χ0) is 10.6. The Morgan fingerprint density at radius 2 is 2.07 bits per heavy atom. The zero-order valence-corrected chi connectivity index (χ0v) is 7.68. The third-order valence-electron chi connectivity index (χ3n) is 1.89. The molecule has 0 N–H and O–H groups in total. The molecule has 0 fully saturated rings. The first kappa shape index (κ1) is 10.5. The number of aryl methyl sites for hydroxylation is 1. The first-order valence-corrected chi connectivity index (χ1v) is 4.13. The number of rotatable bonds is 3. The third-order valence-corrected chi connectivity index (χ3v) is 1.89.